The highest BCUT2D eigenvalue weighted by molar-refractivity contribution is 5.47. The molecule has 2 aromatic rings. The van der Waals surface area contributed by atoms with E-state index < -0.39 is 0 Å². The first-order valence-corrected chi connectivity index (χ1v) is 7.90. The largest absolute Gasteiger partial charge is 0.399 e. The average Bonchev–Trinajstić information content (AvgIpc) is 2.48. The van der Waals surface area contributed by atoms with Gasteiger partial charge in [0.05, 0.1) is 0 Å². The second-order valence-electron chi connectivity index (χ2n) is 5.76. The van der Waals surface area contributed by atoms with Crippen molar-refractivity contribution in [2.24, 2.45) is 0 Å². The summed E-state index contributed by atoms with van der Waals surface area (Å²) in [6.07, 6.45) is 7.20. The normalized spacial score (nSPS) is 10.7. The van der Waals surface area contributed by atoms with Crippen molar-refractivity contribution >= 4 is 11.4 Å². The predicted molar refractivity (Wildman–Crippen MR) is 92.4 cm³/mol. The number of benzene rings is 2. The zero-order chi connectivity index (χ0) is 15.1. The number of nitrogen functional groups attached to an aromatic ring is 2. The minimum atomic E-state index is 0.816. The minimum Gasteiger partial charge on any atom is -0.399 e. The quantitative estimate of drug-likeness (QED) is 0.577. The highest BCUT2D eigenvalue weighted by Gasteiger charge is 2.05. The molecule has 0 unspecified atom stereocenters. The molecule has 0 aliphatic carbocycles. The first-order valence-electron chi connectivity index (χ1n) is 7.90. The number of hydrogen-bond acceptors (Lipinski definition) is 2. The van der Waals surface area contributed by atoms with Crippen molar-refractivity contribution in [3.05, 3.63) is 59.2 Å². The second kappa shape index (κ2) is 7.72. The summed E-state index contributed by atoms with van der Waals surface area (Å²) in [5.41, 5.74) is 17.4. The van der Waals surface area contributed by atoms with Crippen LogP contribution in [0, 0.1) is 0 Å². The third-order valence-electron chi connectivity index (χ3n) is 3.90. The van der Waals surface area contributed by atoms with Crippen LogP contribution in [0.3, 0.4) is 0 Å². The van der Waals surface area contributed by atoms with Gasteiger partial charge in [-0.25, -0.2) is 0 Å². The summed E-state index contributed by atoms with van der Waals surface area (Å²) in [6, 6.07) is 14.4. The Kier molecular flexibility index (Phi) is 5.68. The molecule has 0 aromatic heterocycles. The lowest BCUT2D eigenvalue weighted by Crippen LogP contribution is -1.99. The minimum absolute atomic E-state index is 0.816. The van der Waals surface area contributed by atoms with Gasteiger partial charge < -0.3 is 11.5 Å². The maximum Gasteiger partial charge on any atom is 0.0316 e. The monoisotopic (exact) mass is 282 g/mol. The summed E-state index contributed by atoms with van der Waals surface area (Å²) < 4.78 is 0. The smallest absolute Gasteiger partial charge is 0.0316 e. The Balaban J connectivity index is 2.08. The fourth-order valence-corrected chi connectivity index (χ4v) is 2.65. The summed E-state index contributed by atoms with van der Waals surface area (Å²) in [7, 11) is 0. The second-order valence-corrected chi connectivity index (χ2v) is 5.76. The Bertz CT molecular complexity index is 558. The number of unbranched alkanes of at least 4 members (excludes halogenated alkanes) is 3. The zero-order valence-corrected chi connectivity index (χ0v) is 12.9. The molecule has 0 bridgehead atoms. The molecule has 0 atom stereocenters. The first-order chi connectivity index (χ1) is 10.2. The van der Waals surface area contributed by atoms with Crippen LogP contribution >= 0.6 is 0 Å². The molecule has 21 heavy (non-hydrogen) atoms. The van der Waals surface area contributed by atoms with E-state index >= 15 is 0 Å². The molecule has 0 saturated carbocycles. The Morgan fingerprint density at radius 1 is 0.762 bits per heavy atom. The number of hydrogen-bond donors (Lipinski definition) is 2. The van der Waals surface area contributed by atoms with Crippen LogP contribution in [-0.4, -0.2) is 0 Å². The van der Waals surface area contributed by atoms with Gasteiger partial charge in [0.25, 0.3) is 0 Å². The fraction of sp³-hybridized carbons (Fsp3) is 0.368. The van der Waals surface area contributed by atoms with Crippen molar-refractivity contribution in [3.8, 4) is 0 Å². The van der Waals surface area contributed by atoms with Gasteiger partial charge in [0, 0.05) is 11.4 Å². The Morgan fingerprint density at radius 2 is 1.48 bits per heavy atom. The molecule has 0 saturated heterocycles. The first kappa shape index (κ1) is 15.4. The maximum absolute atomic E-state index is 5.95. The van der Waals surface area contributed by atoms with E-state index in [9.17, 15) is 0 Å². The number of rotatable bonds is 7. The van der Waals surface area contributed by atoms with Crippen molar-refractivity contribution in [1.82, 2.24) is 0 Å². The lowest BCUT2D eigenvalue weighted by atomic mass is 9.95. The Hall–Kier alpha value is -1.96. The highest BCUT2D eigenvalue weighted by Crippen LogP contribution is 2.20. The SMILES string of the molecule is CCCCCCc1cc(N)ccc1Cc1ccc(N)cc1. The van der Waals surface area contributed by atoms with E-state index in [2.05, 4.69) is 31.2 Å². The topological polar surface area (TPSA) is 52.0 Å². The molecule has 2 nitrogen and oxygen atoms in total. The third-order valence-corrected chi connectivity index (χ3v) is 3.90. The standard InChI is InChI=1S/C19H26N2/c1-2-3-4-5-6-16-14-19(21)12-9-17(16)13-15-7-10-18(20)11-8-15/h7-12,14H,2-6,13,20-21H2,1H3. The molecule has 2 rings (SSSR count). The van der Waals surface area contributed by atoms with Crippen molar-refractivity contribution in [2.45, 2.75) is 45.4 Å². The summed E-state index contributed by atoms with van der Waals surface area (Å²) >= 11 is 0. The summed E-state index contributed by atoms with van der Waals surface area (Å²) in [5, 5.41) is 0. The van der Waals surface area contributed by atoms with Crippen molar-refractivity contribution < 1.29 is 0 Å². The van der Waals surface area contributed by atoms with Crippen LogP contribution in [0.15, 0.2) is 42.5 Å². The Morgan fingerprint density at radius 3 is 2.19 bits per heavy atom. The van der Waals surface area contributed by atoms with Gasteiger partial charge in [-0.05, 0) is 60.2 Å². The van der Waals surface area contributed by atoms with Crippen molar-refractivity contribution in [1.29, 1.82) is 0 Å². The van der Waals surface area contributed by atoms with Crippen LogP contribution in [0.25, 0.3) is 0 Å². The molecular formula is C19H26N2. The van der Waals surface area contributed by atoms with Crippen molar-refractivity contribution in [3.63, 3.8) is 0 Å². The van der Waals surface area contributed by atoms with Gasteiger partial charge in [-0.15, -0.1) is 0 Å². The van der Waals surface area contributed by atoms with Gasteiger partial charge >= 0.3 is 0 Å². The van der Waals surface area contributed by atoms with Gasteiger partial charge in [-0.1, -0.05) is 44.4 Å². The van der Waals surface area contributed by atoms with E-state index in [0.717, 1.165) is 24.2 Å². The summed E-state index contributed by atoms with van der Waals surface area (Å²) in [6.45, 7) is 2.24. The molecule has 0 aliphatic heterocycles. The number of anilines is 2. The third kappa shape index (κ3) is 4.82. The molecule has 0 aliphatic rings. The fourth-order valence-electron chi connectivity index (χ4n) is 2.65. The summed E-state index contributed by atoms with van der Waals surface area (Å²) in [4.78, 5) is 0. The molecule has 0 amide bonds. The van der Waals surface area contributed by atoms with Crippen LogP contribution < -0.4 is 11.5 Å². The lowest BCUT2D eigenvalue weighted by Gasteiger charge is -2.11. The molecule has 2 aromatic carbocycles. The number of nitrogens with two attached hydrogens (primary N) is 2. The van der Waals surface area contributed by atoms with Crippen LogP contribution in [-0.2, 0) is 12.8 Å². The van der Waals surface area contributed by atoms with Crippen LogP contribution in [0.1, 0.15) is 49.3 Å². The molecule has 2 heteroatoms. The zero-order valence-electron chi connectivity index (χ0n) is 12.9. The molecular weight excluding hydrogens is 256 g/mol. The summed E-state index contributed by atoms with van der Waals surface area (Å²) in [5.74, 6) is 0. The van der Waals surface area contributed by atoms with Gasteiger partial charge in [-0.2, -0.15) is 0 Å². The molecule has 0 fully saturated rings. The van der Waals surface area contributed by atoms with Crippen LogP contribution in [0.2, 0.25) is 0 Å². The van der Waals surface area contributed by atoms with Gasteiger partial charge in [0.15, 0.2) is 0 Å². The molecule has 0 heterocycles. The Labute approximate surface area is 128 Å². The molecule has 4 N–H and O–H groups in total. The van der Waals surface area contributed by atoms with Crippen LogP contribution in [0.4, 0.5) is 11.4 Å². The van der Waals surface area contributed by atoms with Gasteiger partial charge in [-0.3, -0.25) is 0 Å². The van der Waals surface area contributed by atoms with Crippen LogP contribution in [0.5, 0.6) is 0 Å². The lowest BCUT2D eigenvalue weighted by molar-refractivity contribution is 0.665. The molecule has 0 spiro atoms. The van der Waals surface area contributed by atoms with Gasteiger partial charge in [0.1, 0.15) is 0 Å². The number of aryl methyl sites for hydroxylation is 1. The van der Waals surface area contributed by atoms with E-state index in [1.54, 1.807) is 0 Å². The maximum atomic E-state index is 5.95. The van der Waals surface area contributed by atoms with E-state index in [0.29, 0.717) is 0 Å². The highest BCUT2D eigenvalue weighted by atomic mass is 14.5. The van der Waals surface area contributed by atoms with Crippen molar-refractivity contribution in [2.75, 3.05) is 11.5 Å². The van der Waals surface area contributed by atoms with Gasteiger partial charge in [0.2, 0.25) is 0 Å². The molecule has 0 radical (unpaired) electrons. The average molecular weight is 282 g/mol. The van der Waals surface area contributed by atoms with E-state index in [1.807, 2.05) is 18.2 Å². The van der Waals surface area contributed by atoms with E-state index in [4.69, 9.17) is 11.5 Å². The van der Waals surface area contributed by atoms with E-state index in [1.165, 1.54) is 42.4 Å². The predicted octanol–water partition coefficient (Wildman–Crippen LogP) is 4.56. The van der Waals surface area contributed by atoms with E-state index in [-0.39, 0.29) is 0 Å². The molecule has 112 valence electrons.